The predicted molar refractivity (Wildman–Crippen MR) is 140 cm³/mol. The van der Waals surface area contributed by atoms with Crippen molar-refractivity contribution in [3.05, 3.63) is 101 Å². The van der Waals surface area contributed by atoms with E-state index >= 15 is 0 Å². The van der Waals surface area contributed by atoms with E-state index in [1.807, 2.05) is 54.6 Å². The molecule has 2 aliphatic carbocycles. The van der Waals surface area contributed by atoms with Gasteiger partial charge in [0.05, 0.1) is 0 Å². The summed E-state index contributed by atoms with van der Waals surface area (Å²) in [6.45, 7) is 0.295. The zero-order valence-electron chi connectivity index (χ0n) is 19.3. The van der Waals surface area contributed by atoms with Gasteiger partial charge in [0.25, 0.3) is 0 Å². The number of nitrogens with one attached hydrogen (secondary N) is 1. The Morgan fingerprint density at radius 1 is 0.971 bits per heavy atom. The third-order valence-electron chi connectivity index (χ3n) is 7.14. The molecule has 3 aromatic carbocycles. The van der Waals surface area contributed by atoms with E-state index in [2.05, 4.69) is 35.4 Å². The number of carboxylic acid groups (broad SMARTS) is 1. The van der Waals surface area contributed by atoms with Crippen LogP contribution in [0.15, 0.2) is 84.4 Å². The highest BCUT2D eigenvalue weighted by molar-refractivity contribution is 6.30. The van der Waals surface area contributed by atoms with E-state index in [0.717, 1.165) is 22.6 Å². The van der Waals surface area contributed by atoms with Crippen molar-refractivity contribution in [3.8, 4) is 17.6 Å². The van der Waals surface area contributed by atoms with Gasteiger partial charge in [0.1, 0.15) is 17.9 Å². The molecule has 1 fully saturated rings. The van der Waals surface area contributed by atoms with Crippen LogP contribution < -0.4 is 10.1 Å². The summed E-state index contributed by atoms with van der Waals surface area (Å²) in [6.07, 6.45) is 4.47. The molecule has 35 heavy (non-hydrogen) atoms. The Labute approximate surface area is 210 Å². The summed E-state index contributed by atoms with van der Waals surface area (Å²) in [5, 5.41) is 14.1. The van der Waals surface area contributed by atoms with Gasteiger partial charge in [0.2, 0.25) is 0 Å². The van der Waals surface area contributed by atoms with Crippen molar-refractivity contribution in [2.24, 2.45) is 0 Å². The Morgan fingerprint density at radius 2 is 1.71 bits per heavy atom. The fourth-order valence-electron chi connectivity index (χ4n) is 5.30. The van der Waals surface area contributed by atoms with Crippen LogP contribution in [0.3, 0.4) is 0 Å². The lowest BCUT2D eigenvalue weighted by Crippen LogP contribution is -2.52. The summed E-state index contributed by atoms with van der Waals surface area (Å²) in [4.78, 5) is 12.5. The Balaban J connectivity index is 1.39. The molecule has 0 heterocycles. The molecule has 5 rings (SSSR count). The Bertz CT molecular complexity index is 1330. The standard InChI is InChI=1S/C30H26ClNO3/c31-24-10-6-11-25(21-24)32-30(28(33)34)17-15-29(16-18-30)23(20-22-8-4-5-14-27(22)29)9-7-19-35-26-12-2-1-3-13-26/h1-6,8,10-14,20-21,32H,15-19H2,(H,33,34). The van der Waals surface area contributed by atoms with E-state index in [-0.39, 0.29) is 5.41 Å². The molecule has 0 radical (unpaired) electrons. The molecule has 0 amide bonds. The smallest absolute Gasteiger partial charge is 0.329 e. The molecule has 0 unspecified atom stereocenters. The highest BCUT2D eigenvalue weighted by Crippen LogP contribution is 2.53. The minimum atomic E-state index is -1.05. The lowest BCUT2D eigenvalue weighted by atomic mass is 9.62. The SMILES string of the molecule is O=C(O)C1(Nc2cccc(Cl)c2)CCC2(CC1)C(C#CCOc1ccccc1)=Cc1ccccc12. The van der Waals surface area contributed by atoms with Crippen molar-refractivity contribution in [2.45, 2.75) is 36.6 Å². The number of hydrogen-bond donors (Lipinski definition) is 2. The summed E-state index contributed by atoms with van der Waals surface area (Å²) in [6, 6.07) is 25.2. The molecule has 3 aromatic rings. The number of carbonyl (C=O) groups is 1. The molecular weight excluding hydrogens is 458 g/mol. The first-order chi connectivity index (χ1) is 17.0. The maximum absolute atomic E-state index is 12.5. The fourth-order valence-corrected chi connectivity index (χ4v) is 5.49. The molecule has 0 aliphatic heterocycles. The van der Waals surface area contributed by atoms with Crippen LogP contribution in [0.5, 0.6) is 5.75 Å². The summed E-state index contributed by atoms with van der Waals surface area (Å²) in [7, 11) is 0. The molecule has 0 bridgehead atoms. The second-order valence-electron chi connectivity index (χ2n) is 9.15. The van der Waals surface area contributed by atoms with Gasteiger partial charge in [-0.05, 0) is 73.2 Å². The van der Waals surface area contributed by atoms with Crippen molar-refractivity contribution < 1.29 is 14.6 Å². The largest absolute Gasteiger partial charge is 0.481 e. The van der Waals surface area contributed by atoms with Crippen molar-refractivity contribution in [2.75, 3.05) is 11.9 Å². The Morgan fingerprint density at radius 3 is 2.46 bits per heavy atom. The number of rotatable bonds is 5. The number of aliphatic carboxylic acids is 1. The molecule has 1 spiro atoms. The number of halogens is 1. The zero-order valence-corrected chi connectivity index (χ0v) is 20.0. The molecule has 0 atom stereocenters. The number of allylic oxidation sites excluding steroid dienone is 1. The lowest BCUT2D eigenvalue weighted by molar-refractivity contribution is -0.143. The van der Waals surface area contributed by atoms with Crippen LogP contribution in [-0.4, -0.2) is 23.2 Å². The predicted octanol–water partition coefficient (Wildman–Crippen LogP) is 6.57. The quantitative estimate of drug-likeness (QED) is 0.403. The van der Waals surface area contributed by atoms with Crippen LogP contribution in [0, 0.1) is 11.8 Å². The molecule has 5 heteroatoms. The second kappa shape index (κ2) is 9.52. The minimum absolute atomic E-state index is 0.286. The van der Waals surface area contributed by atoms with E-state index in [1.54, 1.807) is 12.1 Å². The zero-order chi connectivity index (χ0) is 24.3. The molecule has 176 valence electrons. The number of fused-ring (bicyclic) bond motifs is 2. The summed E-state index contributed by atoms with van der Waals surface area (Å²) in [5.41, 5.74) is 2.81. The van der Waals surface area contributed by atoms with Crippen LogP contribution in [-0.2, 0) is 10.2 Å². The van der Waals surface area contributed by atoms with Crippen molar-refractivity contribution in [1.29, 1.82) is 0 Å². The van der Waals surface area contributed by atoms with E-state index in [4.69, 9.17) is 16.3 Å². The third kappa shape index (κ3) is 4.52. The van der Waals surface area contributed by atoms with Crippen LogP contribution in [0.1, 0.15) is 36.8 Å². The van der Waals surface area contributed by atoms with Gasteiger partial charge < -0.3 is 15.2 Å². The van der Waals surface area contributed by atoms with E-state index in [0.29, 0.717) is 37.3 Å². The fraction of sp³-hybridized carbons (Fsp3) is 0.233. The maximum atomic E-state index is 12.5. The average Bonchev–Trinajstić information content (AvgIpc) is 3.17. The second-order valence-corrected chi connectivity index (χ2v) is 9.59. The molecule has 2 aliphatic rings. The number of para-hydroxylation sites is 1. The first-order valence-corrected chi connectivity index (χ1v) is 12.1. The highest BCUT2D eigenvalue weighted by Gasteiger charge is 2.51. The maximum Gasteiger partial charge on any atom is 0.329 e. The van der Waals surface area contributed by atoms with Gasteiger partial charge in [-0.3, -0.25) is 0 Å². The molecular formula is C30H26ClNO3. The number of hydrogen-bond acceptors (Lipinski definition) is 3. The van der Waals surface area contributed by atoms with Gasteiger partial charge in [0.15, 0.2) is 0 Å². The normalized spacial score (nSPS) is 22.5. The first-order valence-electron chi connectivity index (χ1n) is 11.8. The lowest BCUT2D eigenvalue weighted by Gasteiger charge is -2.44. The van der Waals surface area contributed by atoms with Gasteiger partial charge in [-0.1, -0.05) is 72.0 Å². The summed E-state index contributed by atoms with van der Waals surface area (Å²) in [5.74, 6) is 6.51. The molecule has 2 N–H and O–H groups in total. The van der Waals surface area contributed by atoms with Crippen LogP contribution >= 0.6 is 11.6 Å². The van der Waals surface area contributed by atoms with Crippen LogP contribution in [0.25, 0.3) is 6.08 Å². The van der Waals surface area contributed by atoms with Gasteiger partial charge in [-0.2, -0.15) is 0 Å². The monoisotopic (exact) mass is 483 g/mol. The van der Waals surface area contributed by atoms with Crippen molar-refractivity contribution in [3.63, 3.8) is 0 Å². The topological polar surface area (TPSA) is 58.6 Å². The highest BCUT2D eigenvalue weighted by atomic mass is 35.5. The summed E-state index contributed by atoms with van der Waals surface area (Å²) < 4.78 is 5.76. The van der Waals surface area contributed by atoms with E-state index in [9.17, 15) is 9.90 Å². The number of ether oxygens (including phenoxy) is 1. The Hall–Kier alpha value is -3.68. The van der Waals surface area contributed by atoms with Crippen LogP contribution in [0.4, 0.5) is 5.69 Å². The molecule has 0 saturated heterocycles. The first kappa shape index (κ1) is 23.1. The van der Waals surface area contributed by atoms with Crippen molar-refractivity contribution in [1.82, 2.24) is 0 Å². The van der Waals surface area contributed by atoms with Crippen LogP contribution in [0.2, 0.25) is 5.02 Å². The number of anilines is 1. The number of benzene rings is 3. The Kier molecular flexibility index (Phi) is 6.28. The van der Waals surface area contributed by atoms with Gasteiger partial charge >= 0.3 is 5.97 Å². The molecule has 0 aromatic heterocycles. The van der Waals surface area contributed by atoms with Gasteiger partial charge in [-0.15, -0.1) is 0 Å². The molecule has 1 saturated carbocycles. The minimum Gasteiger partial charge on any atom is -0.481 e. The van der Waals surface area contributed by atoms with E-state index in [1.165, 1.54) is 5.56 Å². The van der Waals surface area contributed by atoms with Crippen molar-refractivity contribution >= 4 is 29.3 Å². The third-order valence-corrected chi connectivity index (χ3v) is 7.38. The molecule has 4 nitrogen and oxygen atoms in total. The van der Waals surface area contributed by atoms with Gasteiger partial charge in [-0.25, -0.2) is 4.79 Å². The average molecular weight is 484 g/mol. The summed E-state index contributed by atoms with van der Waals surface area (Å²) >= 11 is 6.14. The number of carboxylic acids is 1. The van der Waals surface area contributed by atoms with Gasteiger partial charge in [0, 0.05) is 21.7 Å². The van der Waals surface area contributed by atoms with E-state index < -0.39 is 11.5 Å².